The van der Waals surface area contributed by atoms with Gasteiger partial charge in [0, 0.05) is 29.7 Å². The van der Waals surface area contributed by atoms with Crippen LogP contribution in [0.15, 0.2) is 22.7 Å². The van der Waals surface area contributed by atoms with E-state index in [9.17, 15) is 4.79 Å². The summed E-state index contributed by atoms with van der Waals surface area (Å²) in [6.45, 7) is 3.85. The van der Waals surface area contributed by atoms with Crippen molar-refractivity contribution in [2.45, 2.75) is 25.8 Å². The van der Waals surface area contributed by atoms with Crippen molar-refractivity contribution in [1.82, 2.24) is 0 Å². The number of ether oxygens (including phenoxy) is 1. The molecule has 3 nitrogen and oxygen atoms in total. The van der Waals surface area contributed by atoms with Gasteiger partial charge in [0.2, 0.25) is 0 Å². The molecule has 1 saturated carbocycles. The molecule has 19 heavy (non-hydrogen) atoms. The van der Waals surface area contributed by atoms with E-state index in [1.807, 2.05) is 18.2 Å². The van der Waals surface area contributed by atoms with Crippen LogP contribution in [0.5, 0.6) is 0 Å². The molecule has 0 amide bonds. The van der Waals surface area contributed by atoms with Gasteiger partial charge in [-0.1, -0.05) is 0 Å². The van der Waals surface area contributed by atoms with Gasteiger partial charge in [-0.15, -0.1) is 0 Å². The number of aldehydes is 1. The Morgan fingerprint density at radius 1 is 1.53 bits per heavy atom. The van der Waals surface area contributed by atoms with E-state index in [1.54, 1.807) is 7.11 Å². The molecular formula is C15H20BrNO2. The van der Waals surface area contributed by atoms with Crippen molar-refractivity contribution in [3.05, 3.63) is 28.2 Å². The molecule has 0 saturated heterocycles. The van der Waals surface area contributed by atoms with Gasteiger partial charge in [0.15, 0.2) is 0 Å². The largest absolute Gasteiger partial charge is 0.383 e. The van der Waals surface area contributed by atoms with Crippen LogP contribution in [0.1, 0.15) is 30.1 Å². The minimum absolute atomic E-state index is 0.508. The first-order valence-corrected chi connectivity index (χ1v) is 7.47. The Kier molecular flexibility index (Phi) is 4.99. The Labute approximate surface area is 123 Å². The molecule has 1 aromatic rings. The van der Waals surface area contributed by atoms with E-state index < -0.39 is 0 Å². The highest BCUT2D eigenvalue weighted by Gasteiger charge is 2.32. The maximum atomic E-state index is 10.8. The lowest BCUT2D eigenvalue weighted by atomic mass is 10.1. The van der Waals surface area contributed by atoms with Crippen LogP contribution in [0.4, 0.5) is 5.69 Å². The zero-order valence-electron chi connectivity index (χ0n) is 11.4. The van der Waals surface area contributed by atoms with Crippen LogP contribution in [-0.2, 0) is 4.74 Å². The fourth-order valence-electron chi connectivity index (χ4n) is 2.40. The normalized spacial score (nSPS) is 16.2. The van der Waals surface area contributed by atoms with Crippen LogP contribution in [0.25, 0.3) is 0 Å². The van der Waals surface area contributed by atoms with Crippen molar-refractivity contribution in [2.24, 2.45) is 5.92 Å². The van der Waals surface area contributed by atoms with E-state index in [0.29, 0.717) is 18.2 Å². The minimum atomic E-state index is 0.508. The Morgan fingerprint density at radius 2 is 2.26 bits per heavy atom. The standard InChI is InChI=1S/C15H20BrNO2/c1-11(13-4-5-13)17(7-8-19-2)15-6-3-12(10-18)9-14(15)16/h3,6,9-11,13H,4-5,7-8H2,1-2H3. The van der Waals surface area contributed by atoms with E-state index in [1.165, 1.54) is 12.8 Å². The SMILES string of the molecule is COCCN(c1ccc(C=O)cc1Br)C(C)C1CC1. The number of nitrogens with zero attached hydrogens (tertiary/aromatic N) is 1. The van der Waals surface area contributed by atoms with Crippen molar-refractivity contribution in [2.75, 3.05) is 25.2 Å². The topological polar surface area (TPSA) is 29.5 Å². The molecule has 0 radical (unpaired) electrons. The summed E-state index contributed by atoms with van der Waals surface area (Å²) in [5.41, 5.74) is 1.84. The fraction of sp³-hybridized carbons (Fsp3) is 0.533. The number of hydrogen-bond donors (Lipinski definition) is 0. The number of carbonyl (C=O) groups is 1. The van der Waals surface area contributed by atoms with Gasteiger partial charge in [-0.2, -0.15) is 0 Å². The molecule has 4 heteroatoms. The van der Waals surface area contributed by atoms with Crippen molar-refractivity contribution in [3.63, 3.8) is 0 Å². The van der Waals surface area contributed by atoms with Crippen molar-refractivity contribution < 1.29 is 9.53 Å². The van der Waals surface area contributed by atoms with E-state index in [2.05, 4.69) is 27.8 Å². The highest BCUT2D eigenvalue weighted by molar-refractivity contribution is 9.10. The lowest BCUT2D eigenvalue weighted by Crippen LogP contribution is -2.37. The van der Waals surface area contributed by atoms with E-state index in [0.717, 1.165) is 28.9 Å². The number of methoxy groups -OCH3 is 1. The highest BCUT2D eigenvalue weighted by atomic mass is 79.9. The number of rotatable bonds is 7. The number of benzene rings is 1. The summed E-state index contributed by atoms with van der Waals surface area (Å²) in [5.74, 6) is 0.787. The predicted octanol–water partition coefficient (Wildman–Crippen LogP) is 3.51. The number of halogens is 1. The van der Waals surface area contributed by atoms with Crippen LogP contribution in [0, 0.1) is 5.92 Å². The molecule has 0 spiro atoms. The number of hydrogen-bond acceptors (Lipinski definition) is 3. The van der Waals surface area contributed by atoms with Gasteiger partial charge in [-0.3, -0.25) is 4.79 Å². The van der Waals surface area contributed by atoms with Crippen LogP contribution in [0.2, 0.25) is 0 Å². The molecule has 2 rings (SSSR count). The first-order valence-electron chi connectivity index (χ1n) is 6.67. The van der Waals surface area contributed by atoms with Crippen LogP contribution in [0.3, 0.4) is 0 Å². The number of carbonyl (C=O) groups excluding carboxylic acids is 1. The first kappa shape index (κ1) is 14.5. The molecule has 1 aliphatic rings. The number of anilines is 1. The second-order valence-corrected chi connectivity index (χ2v) is 5.95. The molecule has 0 aromatic heterocycles. The van der Waals surface area contributed by atoms with E-state index in [-0.39, 0.29) is 0 Å². The van der Waals surface area contributed by atoms with Gasteiger partial charge in [0.25, 0.3) is 0 Å². The van der Waals surface area contributed by atoms with Gasteiger partial charge in [-0.05, 0) is 59.8 Å². The average molecular weight is 326 g/mol. The van der Waals surface area contributed by atoms with Gasteiger partial charge < -0.3 is 9.64 Å². The quantitative estimate of drug-likeness (QED) is 0.718. The molecule has 104 valence electrons. The minimum Gasteiger partial charge on any atom is -0.383 e. The van der Waals surface area contributed by atoms with Crippen molar-refractivity contribution >= 4 is 27.9 Å². The summed E-state index contributed by atoms with van der Waals surface area (Å²) >= 11 is 3.58. The van der Waals surface area contributed by atoms with Gasteiger partial charge >= 0.3 is 0 Å². The van der Waals surface area contributed by atoms with Gasteiger partial charge in [0.05, 0.1) is 12.3 Å². The lowest BCUT2D eigenvalue weighted by molar-refractivity contribution is 0.112. The molecule has 1 fully saturated rings. The Hall–Kier alpha value is -0.870. The zero-order chi connectivity index (χ0) is 13.8. The third-order valence-corrected chi connectivity index (χ3v) is 4.38. The molecule has 1 unspecified atom stereocenters. The molecule has 0 N–H and O–H groups in total. The Balaban J connectivity index is 2.22. The molecule has 0 aliphatic heterocycles. The van der Waals surface area contributed by atoms with Crippen LogP contribution < -0.4 is 4.90 Å². The van der Waals surface area contributed by atoms with Crippen molar-refractivity contribution in [3.8, 4) is 0 Å². The molecule has 0 heterocycles. The second-order valence-electron chi connectivity index (χ2n) is 5.09. The Bertz CT molecular complexity index is 446. The smallest absolute Gasteiger partial charge is 0.150 e. The summed E-state index contributed by atoms with van der Waals surface area (Å²) in [6, 6.07) is 6.27. The summed E-state index contributed by atoms with van der Waals surface area (Å²) < 4.78 is 6.19. The van der Waals surface area contributed by atoms with Gasteiger partial charge in [0.1, 0.15) is 6.29 Å². The third kappa shape index (κ3) is 3.57. The van der Waals surface area contributed by atoms with Crippen LogP contribution in [-0.4, -0.2) is 32.6 Å². The predicted molar refractivity (Wildman–Crippen MR) is 80.9 cm³/mol. The van der Waals surface area contributed by atoms with Gasteiger partial charge in [-0.25, -0.2) is 0 Å². The monoisotopic (exact) mass is 325 g/mol. The molecule has 1 aromatic carbocycles. The third-order valence-electron chi connectivity index (χ3n) is 3.75. The van der Waals surface area contributed by atoms with E-state index in [4.69, 9.17) is 4.74 Å². The lowest BCUT2D eigenvalue weighted by Gasteiger charge is -2.32. The van der Waals surface area contributed by atoms with Crippen LogP contribution >= 0.6 is 15.9 Å². The van der Waals surface area contributed by atoms with Crippen molar-refractivity contribution in [1.29, 1.82) is 0 Å². The summed E-state index contributed by atoms with van der Waals surface area (Å²) in [4.78, 5) is 13.2. The fourth-order valence-corrected chi connectivity index (χ4v) is 3.02. The first-order chi connectivity index (χ1) is 9.17. The molecule has 0 bridgehead atoms. The average Bonchev–Trinajstić information content (AvgIpc) is 3.24. The maximum absolute atomic E-state index is 10.8. The summed E-state index contributed by atoms with van der Waals surface area (Å²) in [5, 5.41) is 0. The molecule has 1 aliphatic carbocycles. The summed E-state index contributed by atoms with van der Waals surface area (Å²) in [6.07, 6.45) is 3.50. The van der Waals surface area contributed by atoms with E-state index >= 15 is 0 Å². The molecule has 1 atom stereocenters. The second kappa shape index (κ2) is 6.53. The Morgan fingerprint density at radius 3 is 2.79 bits per heavy atom. The summed E-state index contributed by atoms with van der Waals surface area (Å²) in [7, 11) is 1.73. The zero-order valence-corrected chi connectivity index (χ0v) is 13.0. The maximum Gasteiger partial charge on any atom is 0.150 e. The molecular weight excluding hydrogens is 306 g/mol. The highest BCUT2D eigenvalue weighted by Crippen LogP contribution is 2.38.